The Balaban J connectivity index is 2.55. The standard InChI is InChI=1S/C12H11FN2O2/c1-15-12(8(7-14-15)6-11(16)17)9-4-2-3-5-10(9)13/h2-5,7H,6H2,1H3,(H,16,17). The van der Waals surface area contributed by atoms with Crippen molar-refractivity contribution in [2.45, 2.75) is 6.42 Å². The maximum absolute atomic E-state index is 13.7. The molecule has 0 atom stereocenters. The van der Waals surface area contributed by atoms with Crippen molar-refractivity contribution in [1.29, 1.82) is 0 Å². The summed E-state index contributed by atoms with van der Waals surface area (Å²) in [4.78, 5) is 10.7. The van der Waals surface area contributed by atoms with E-state index in [1.54, 1.807) is 25.2 Å². The van der Waals surface area contributed by atoms with Crippen LogP contribution in [0.2, 0.25) is 0 Å². The van der Waals surface area contributed by atoms with E-state index in [0.717, 1.165) is 0 Å². The van der Waals surface area contributed by atoms with Crippen molar-refractivity contribution in [2.75, 3.05) is 0 Å². The number of carboxylic acids is 1. The first kappa shape index (κ1) is 11.3. The highest BCUT2D eigenvalue weighted by Crippen LogP contribution is 2.25. The predicted molar refractivity (Wildman–Crippen MR) is 59.9 cm³/mol. The number of halogens is 1. The normalized spacial score (nSPS) is 10.5. The Morgan fingerprint density at radius 3 is 2.82 bits per heavy atom. The van der Waals surface area contributed by atoms with E-state index in [2.05, 4.69) is 5.10 Å². The van der Waals surface area contributed by atoms with Crippen LogP contribution in [0.1, 0.15) is 5.56 Å². The molecule has 0 spiro atoms. The van der Waals surface area contributed by atoms with E-state index in [1.807, 2.05) is 0 Å². The summed E-state index contributed by atoms with van der Waals surface area (Å²) in [5.74, 6) is -1.35. The Hall–Kier alpha value is -2.17. The number of benzene rings is 1. The molecule has 2 rings (SSSR count). The van der Waals surface area contributed by atoms with E-state index in [4.69, 9.17) is 5.11 Å². The second kappa shape index (κ2) is 4.37. The number of aliphatic carboxylic acids is 1. The first-order valence-electron chi connectivity index (χ1n) is 5.07. The Morgan fingerprint density at radius 1 is 1.47 bits per heavy atom. The fraction of sp³-hybridized carbons (Fsp3) is 0.167. The van der Waals surface area contributed by atoms with Gasteiger partial charge in [0.05, 0.1) is 18.3 Å². The van der Waals surface area contributed by atoms with Crippen molar-refractivity contribution in [1.82, 2.24) is 9.78 Å². The number of hydrogen-bond donors (Lipinski definition) is 1. The van der Waals surface area contributed by atoms with Crippen LogP contribution in [0.15, 0.2) is 30.5 Å². The molecule has 5 heteroatoms. The summed E-state index contributed by atoms with van der Waals surface area (Å²) < 4.78 is 15.1. The van der Waals surface area contributed by atoms with Crippen LogP contribution in [0.3, 0.4) is 0 Å². The average molecular weight is 234 g/mol. The predicted octanol–water partition coefficient (Wildman–Crippen LogP) is 1.85. The molecule has 2 aromatic rings. The average Bonchev–Trinajstić information content (AvgIpc) is 2.60. The van der Waals surface area contributed by atoms with E-state index < -0.39 is 5.97 Å². The van der Waals surface area contributed by atoms with Gasteiger partial charge in [-0.05, 0) is 12.1 Å². The number of rotatable bonds is 3. The molecule has 1 aromatic heterocycles. The number of nitrogens with zero attached hydrogens (tertiary/aromatic N) is 2. The van der Waals surface area contributed by atoms with Gasteiger partial charge in [-0.1, -0.05) is 12.1 Å². The molecule has 17 heavy (non-hydrogen) atoms. The molecule has 0 saturated carbocycles. The zero-order valence-electron chi connectivity index (χ0n) is 9.22. The van der Waals surface area contributed by atoms with Crippen LogP contribution < -0.4 is 0 Å². The van der Waals surface area contributed by atoms with Gasteiger partial charge in [-0.2, -0.15) is 5.10 Å². The van der Waals surface area contributed by atoms with Gasteiger partial charge in [0.25, 0.3) is 0 Å². The minimum Gasteiger partial charge on any atom is -0.481 e. The monoisotopic (exact) mass is 234 g/mol. The van der Waals surface area contributed by atoms with E-state index in [-0.39, 0.29) is 12.2 Å². The van der Waals surface area contributed by atoms with E-state index in [1.165, 1.54) is 16.9 Å². The minimum atomic E-state index is -0.962. The minimum absolute atomic E-state index is 0.169. The molecular formula is C12H11FN2O2. The first-order valence-corrected chi connectivity index (χ1v) is 5.07. The summed E-state index contributed by atoms with van der Waals surface area (Å²) in [6.07, 6.45) is 1.29. The summed E-state index contributed by atoms with van der Waals surface area (Å²) in [7, 11) is 1.66. The largest absolute Gasteiger partial charge is 0.481 e. The highest BCUT2D eigenvalue weighted by atomic mass is 19.1. The molecule has 0 unspecified atom stereocenters. The maximum Gasteiger partial charge on any atom is 0.307 e. The Labute approximate surface area is 97.3 Å². The molecule has 0 amide bonds. The van der Waals surface area contributed by atoms with Crippen LogP contribution in [-0.2, 0) is 18.3 Å². The van der Waals surface area contributed by atoms with Gasteiger partial charge in [-0.3, -0.25) is 9.48 Å². The number of carboxylic acid groups (broad SMARTS) is 1. The third-order valence-corrected chi connectivity index (χ3v) is 2.49. The van der Waals surface area contributed by atoms with Gasteiger partial charge in [0.2, 0.25) is 0 Å². The molecule has 0 radical (unpaired) electrons. The lowest BCUT2D eigenvalue weighted by Crippen LogP contribution is -2.03. The van der Waals surface area contributed by atoms with Crippen LogP contribution in [-0.4, -0.2) is 20.9 Å². The molecule has 88 valence electrons. The Morgan fingerprint density at radius 2 is 2.18 bits per heavy atom. The van der Waals surface area contributed by atoms with E-state index in [9.17, 15) is 9.18 Å². The lowest BCUT2D eigenvalue weighted by atomic mass is 10.1. The Bertz CT molecular complexity index is 563. The van der Waals surface area contributed by atoms with Crippen molar-refractivity contribution >= 4 is 5.97 Å². The highest BCUT2D eigenvalue weighted by molar-refractivity contribution is 5.75. The summed E-state index contributed by atoms with van der Waals surface area (Å²) in [5, 5.41) is 12.8. The van der Waals surface area contributed by atoms with Crippen LogP contribution in [0.4, 0.5) is 4.39 Å². The third kappa shape index (κ3) is 2.18. The molecule has 0 bridgehead atoms. The molecule has 0 fully saturated rings. The molecule has 1 aromatic carbocycles. The maximum atomic E-state index is 13.7. The van der Waals surface area contributed by atoms with Crippen LogP contribution in [0.5, 0.6) is 0 Å². The molecular weight excluding hydrogens is 223 g/mol. The molecule has 1 N–H and O–H groups in total. The van der Waals surface area contributed by atoms with Crippen molar-refractivity contribution < 1.29 is 14.3 Å². The van der Waals surface area contributed by atoms with E-state index in [0.29, 0.717) is 16.8 Å². The van der Waals surface area contributed by atoms with Gasteiger partial charge >= 0.3 is 5.97 Å². The highest BCUT2D eigenvalue weighted by Gasteiger charge is 2.16. The van der Waals surface area contributed by atoms with Crippen LogP contribution in [0, 0.1) is 5.82 Å². The fourth-order valence-electron chi connectivity index (χ4n) is 1.78. The lowest BCUT2D eigenvalue weighted by molar-refractivity contribution is -0.136. The SMILES string of the molecule is Cn1ncc(CC(=O)O)c1-c1ccccc1F. The first-order chi connectivity index (χ1) is 8.09. The van der Waals surface area contributed by atoms with Crippen molar-refractivity contribution in [3.05, 3.63) is 41.8 Å². The van der Waals surface area contributed by atoms with Crippen molar-refractivity contribution in [3.8, 4) is 11.3 Å². The second-order valence-corrected chi connectivity index (χ2v) is 3.69. The topological polar surface area (TPSA) is 55.1 Å². The smallest absolute Gasteiger partial charge is 0.307 e. The molecule has 0 aliphatic heterocycles. The van der Waals surface area contributed by atoms with Crippen molar-refractivity contribution in [3.63, 3.8) is 0 Å². The summed E-state index contributed by atoms with van der Waals surface area (Å²) in [6.45, 7) is 0. The van der Waals surface area contributed by atoms with Gasteiger partial charge in [0.1, 0.15) is 5.82 Å². The van der Waals surface area contributed by atoms with Crippen molar-refractivity contribution in [2.24, 2.45) is 7.05 Å². The number of aryl methyl sites for hydroxylation is 1. The second-order valence-electron chi connectivity index (χ2n) is 3.69. The molecule has 4 nitrogen and oxygen atoms in total. The summed E-state index contributed by atoms with van der Waals surface area (Å²) in [5.41, 5.74) is 1.37. The molecule has 1 heterocycles. The summed E-state index contributed by atoms with van der Waals surface area (Å²) >= 11 is 0. The Kier molecular flexibility index (Phi) is 2.91. The number of aromatic nitrogens is 2. The molecule has 0 aliphatic rings. The van der Waals surface area contributed by atoms with Gasteiger partial charge < -0.3 is 5.11 Å². The lowest BCUT2D eigenvalue weighted by Gasteiger charge is -2.06. The van der Waals surface area contributed by atoms with Crippen LogP contribution in [0.25, 0.3) is 11.3 Å². The van der Waals surface area contributed by atoms with Gasteiger partial charge in [0.15, 0.2) is 0 Å². The third-order valence-electron chi connectivity index (χ3n) is 2.49. The molecule has 0 saturated heterocycles. The quantitative estimate of drug-likeness (QED) is 0.881. The zero-order valence-corrected chi connectivity index (χ0v) is 9.22. The fourth-order valence-corrected chi connectivity index (χ4v) is 1.78. The summed E-state index contributed by atoms with van der Waals surface area (Å²) in [6, 6.07) is 6.24. The van der Waals surface area contributed by atoms with Gasteiger partial charge in [0, 0.05) is 18.2 Å². The van der Waals surface area contributed by atoms with Gasteiger partial charge in [-0.25, -0.2) is 4.39 Å². The zero-order chi connectivity index (χ0) is 12.4. The van der Waals surface area contributed by atoms with Gasteiger partial charge in [-0.15, -0.1) is 0 Å². The number of carbonyl (C=O) groups is 1. The van der Waals surface area contributed by atoms with Crippen LogP contribution >= 0.6 is 0 Å². The van der Waals surface area contributed by atoms with E-state index >= 15 is 0 Å². The number of hydrogen-bond acceptors (Lipinski definition) is 2. The molecule has 0 aliphatic carbocycles.